The van der Waals surface area contributed by atoms with Gasteiger partial charge in [0.2, 0.25) is 0 Å². The average Bonchev–Trinajstić information content (AvgIpc) is 2.37. The summed E-state index contributed by atoms with van der Waals surface area (Å²) in [5.74, 6) is 0. The largest absolute Gasteiger partial charge is 0.395 e. The molecule has 1 atom stereocenters. The van der Waals surface area contributed by atoms with Gasteiger partial charge in [0.15, 0.2) is 9.84 Å². The van der Waals surface area contributed by atoms with Gasteiger partial charge in [-0.05, 0) is 38.0 Å². The van der Waals surface area contributed by atoms with Gasteiger partial charge >= 0.3 is 0 Å². The van der Waals surface area contributed by atoms with E-state index >= 15 is 0 Å². The molecule has 0 aliphatic carbocycles. The van der Waals surface area contributed by atoms with Crippen molar-refractivity contribution in [3.63, 3.8) is 0 Å². The van der Waals surface area contributed by atoms with Gasteiger partial charge in [-0.1, -0.05) is 12.1 Å². The van der Waals surface area contributed by atoms with Crippen LogP contribution in [-0.2, 0) is 21.0 Å². The number of benzene rings is 1. The molecular weight excluding hydrogens is 278 g/mol. The summed E-state index contributed by atoms with van der Waals surface area (Å²) in [4.78, 5) is 0.298. The second-order valence-corrected chi connectivity index (χ2v) is 7.37. The molecule has 2 N–H and O–H groups in total. The van der Waals surface area contributed by atoms with Crippen molar-refractivity contribution in [1.82, 2.24) is 5.32 Å². The molecule has 20 heavy (non-hydrogen) atoms. The van der Waals surface area contributed by atoms with Crippen molar-refractivity contribution in [2.75, 3.05) is 20.0 Å². The van der Waals surface area contributed by atoms with Crippen LogP contribution in [-0.4, -0.2) is 45.3 Å². The van der Waals surface area contributed by atoms with Crippen LogP contribution >= 0.6 is 0 Å². The highest BCUT2D eigenvalue weighted by molar-refractivity contribution is 7.90. The van der Waals surface area contributed by atoms with Crippen molar-refractivity contribution in [2.24, 2.45) is 0 Å². The Balaban J connectivity index is 2.76. The van der Waals surface area contributed by atoms with E-state index in [4.69, 9.17) is 4.74 Å². The summed E-state index contributed by atoms with van der Waals surface area (Å²) in [5, 5.41) is 12.6. The first-order valence-corrected chi connectivity index (χ1v) is 8.30. The van der Waals surface area contributed by atoms with E-state index < -0.39 is 15.6 Å². The first-order chi connectivity index (χ1) is 9.18. The predicted molar refractivity (Wildman–Crippen MR) is 78.4 cm³/mol. The molecule has 0 aromatic heterocycles. The number of hydrogen-bond acceptors (Lipinski definition) is 5. The van der Waals surface area contributed by atoms with Gasteiger partial charge in [0.05, 0.1) is 11.5 Å². The number of methoxy groups -OCH3 is 1. The number of ether oxygens (including phenoxy) is 1. The third kappa shape index (κ3) is 5.20. The number of aliphatic hydroxyl groups is 1. The third-order valence-corrected chi connectivity index (χ3v) is 4.24. The quantitative estimate of drug-likeness (QED) is 0.734. The topological polar surface area (TPSA) is 75.6 Å². The van der Waals surface area contributed by atoms with Gasteiger partial charge in [-0.3, -0.25) is 5.32 Å². The van der Waals surface area contributed by atoms with Gasteiger partial charge in [0, 0.05) is 19.4 Å². The zero-order chi connectivity index (χ0) is 15.4. The number of hydrogen-bond donors (Lipinski definition) is 2. The highest BCUT2D eigenvalue weighted by Crippen LogP contribution is 2.13. The van der Waals surface area contributed by atoms with Crippen molar-refractivity contribution in [2.45, 2.75) is 36.9 Å². The summed E-state index contributed by atoms with van der Waals surface area (Å²) in [6.45, 7) is 3.73. The Morgan fingerprint density at radius 2 is 1.85 bits per heavy atom. The molecule has 1 rings (SSSR count). The molecule has 1 aromatic carbocycles. The van der Waals surface area contributed by atoms with Crippen LogP contribution in [0.1, 0.15) is 19.4 Å². The first-order valence-electron chi connectivity index (χ1n) is 6.40. The molecule has 0 saturated heterocycles. The summed E-state index contributed by atoms with van der Waals surface area (Å²) in [7, 11) is -1.57. The number of aliphatic hydroxyl groups excluding tert-OH is 1. The van der Waals surface area contributed by atoms with E-state index in [9.17, 15) is 13.5 Å². The molecule has 0 radical (unpaired) electrons. The molecule has 114 valence electrons. The molecule has 5 nitrogen and oxygen atoms in total. The second-order valence-electron chi connectivity index (χ2n) is 5.36. The van der Waals surface area contributed by atoms with Gasteiger partial charge < -0.3 is 9.84 Å². The van der Waals surface area contributed by atoms with Crippen LogP contribution in [0.4, 0.5) is 0 Å². The average molecular weight is 301 g/mol. The van der Waals surface area contributed by atoms with Crippen LogP contribution in [0.2, 0.25) is 0 Å². The lowest BCUT2D eigenvalue weighted by Crippen LogP contribution is -2.49. The minimum Gasteiger partial charge on any atom is -0.395 e. The highest BCUT2D eigenvalue weighted by atomic mass is 32.2. The fourth-order valence-electron chi connectivity index (χ4n) is 1.87. The Bertz CT molecular complexity index is 523. The lowest BCUT2D eigenvalue weighted by Gasteiger charge is -2.29. The van der Waals surface area contributed by atoms with Crippen LogP contribution in [0.3, 0.4) is 0 Å². The van der Waals surface area contributed by atoms with E-state index in [0.717, 1.165) is 5.56 Å². The molecular formula is C14H23NO4S. The summed E-state index contributed by atoms with van der Waals surface area (Å²) < 4.78 is 28.0. The number of sulfone groups is 1. The van der Waals surface area contributed by atoms with E-state index in [1.165, 1.54) is 6.26 Å². The lowest BCUT2D eigenvalue weighted by molar-refractivity contribution is -0.0221. The molecule has 1 aromatic rings. The highest BCUT2D eigenvalue weighted by Gasteiger charge is 2.21. The maximum Gasteiger partial charge on any atom is 0.175 e. The third-order valence-electron chi connectivity index (χ3n) is 3.12. The molecule has 6 heteroatoms. The van der Waals surface area contributed by atoms with Gasteiger partial charge in [-0.2, -0.15) is 0 Å². The van der Waals surface area contributed by atoms with Crippen molar-refractivity contribution in [1.29, 1.82) is 0 Å². The molecule has 0 spiro atoms. The van der Waals surface area contributed by atoms with E-state index in [1.54, 1.807) is 31.4 Å². The Labute approximate surface area is 120 Å². The van der Waals surface area contributed by atoms with Crippen LogP contribution < -0.4 is 5.32 Å². The Hall–Kier alpha value is -0.950. The van der Waals surface area contributed by atoms with Gasteiger partial charge in [0.25, 0.3) is 0 Å². The molecule has 0 bridgehead atoms. The maximum atomic E-state index is 11.4. The van der Waals surface area contributed by atoms with E-state index in [2.05, 4.69) is 5.32 Å². The first kappa shape index (κ1) is 17.1. The summed E-state index contributed by atoms with van der Waals surface area (Å²) in [5.41, 5.74) is 0.427. The second kappa shape index (κ2) is 6.67. The summed E-state index contributed by atoms with van der Waals surface area (Å²) in [6.07, 6.45) is 1.77. The van der Waals surface area contributed by atoms with Crippen molar-refractivity contribution in [3.8, 4) is 0 Å². The van der Waals surface area contributed by atoms with E-state index in [0.29, 0.717) is 11.3 Å². The molecule has 0 heterocycles. The maximum absolute atomic E-state index is 11.4. The summed E-state index contributed by atoms with van der Waals surface area (Å²) >= 11 is 0. The SMILES string of the molecule is COC(C)(C)N[C@H](CO)Cc1ccc(S(C)(=O)=O)cc1. The molecule has 0 saturated carbocycles. The molecule has 0 unspecified atom stereocenters. The molecule has 0 fully saturated rings. The molecule has 0 amide bonds. The zero-order valence-electron chi connectivity index (χ0n) is 12.4. The normalized spacial score (nSPS) is 14.2. The zero-order valence-corrected chi connectivity index (χ0v) is 13.2. The summed E-state index contributed by atoms with van der Waals surface area (Å²) in [6, 6.07) is 6.54. The fourth-order valence-corrected chi connectivity index (χ4v) is 2.50. The minimum absolute atomic E-state index is 0.0272. The van der Waals surface area contributed by atoms with Crippen molar-refractivity contribution >= 4 is 9.84 Å². The van der Waals surface area contributed by atoms with Gasteiger partial charge in [-0.15, -0.1) is 0 Å². The van der Waals surface area contributed by atoms with Crippen molar-refractivity contribution in [3.05, 3.63) is 29.8 Å². The predicted octanol–water partition coefficient (Wildman–Crippen LogP) is 0.966. The number of nitrogens with one attached hydrogen (secondary N) is 1. The molecule has 0 aliphatic heterocycles. The lowest BCUT2D eigenvalue weighted by atomic mass is 10.1. The van der Waals surface area contributed by atoms with Crippen LogP contribution in [0.5, 0.6) is 0 Å². The number of rotatable bonds is 7. The van der Waals surface area contributed by atoms with Crippen LogP contribution in [0, 0.1) is 0 Å². The fraction of sp³-hybridized carbons (Fsp3) is 0.571. The Morgan fingerprint density at radius 1 is 1.30 bits per heavy atom. The van der Waals surface area contributed by atoms with Crippen molar-refractivity contribution < 1.29 is 18.3 Å². The Morgan fingerprint density at radius 3 is 2.25 bits per heavy atom. The smallest absolute Gasteiger partial charge is 0.175 e. The minimum atomic E-state index is -3.17. The van der Waals surface area contributed by atoms with Crippen LogP contribution in [0.15, 0.2) is 29.2 Å². The standard InChI is InChI=1S/C14H23NO4S/c1-14(2,19-3)15-12(10-16)9-11-5-7-13(8-6-11)20(4,17)18/h5-8,12,15-16H,9-10H2,1-4H3/t12-/m0/s1. The van der Waals surface area contributed by atoms with Gasteiger partial charge in [0.1, 0.15) is 5.72 Å². The Kier molecular flexibility index (Phi) is 5.70. The molecule has 0 aliphatic rings. The van der Waals surface area contributed by atoms with Crippen LogP contribution in [0.25, 0.3) is 0 Å². The monoisotopic (exact) mass is 301 g/mol. The van der Waals surface area contributed by atoms with E-state index in [1.807, 2.05) is 13.8 Å². The van der Waals surface area contributed by atoms with Gasteiger partial charge in [-0.25, -0.2) is 8.42 Å². The van der Waals surface area contributed by atoms with E-state index in [-0.39, 0.29) is 12.6 Å².